The number of ether oxygens (including phenoxy) is 6. The Balaban J connectivity index is 1.80. The lowest BCUT2D eigenvalue weighted by molar-refractivity contribution is -0.265. The predicted molar refractivity (Wildman–Crippen MR) is 133 cm³/mol. The van der Waals surface area contributed by atoms with E-state index in [1.54, 1.807) is 26.8 Å². The third kappa shape index (κ3) is 2.24. The quantitative estimate of drug-likeness (QED) is 0.280. The van der Waals surface area contributed by atoms with E-state index in [9.17, 15) is 24.0 Å². The van der Waals surface area contributed by atoms with Crippen molar-refractivity contribution in [3.8, 4) is 0 Å². The highest BCUT2D eigenvalue weighted by atomic mass is 16.7. The van der Waals surface area contributed by atoms with Crippen molar-refractivity contribution in [2.75, 3.05) is 0 Å². The molecule has 0 N–H and O–H groups in total. The molecule has 3 saturated heterocycles. The number of carbonyl (C=O) groups is 5. The zero-order chi connectivity index (χ0) is 29.6. The molecule has 4 heterocycles. The molecular formula is C29H32O11. The number of hydrogen-bond acceptors (Lipinski definition) is 11. The zero-order valence-corrected chi connectivity index (χ0v) is 23.5. The van der Waals surface area contributed by atoms with Gasteiger partial charge in [-0.05, 0) is 38.8 Å². The Kier molecular flexibility index (Phi) is 4.71. The molecule has 0 radical (unpaired) electrons. The summed E-state index contributed by atoms with van der Waals surface area (Å²) in [4.78, 5) is 66.1. The first-order valence-corrected chi connectivity index (χ1v) is 13.2. The topological polar surface area (TPSA) is 141 Å². The summed E-state index contributed by atoms with van der Waals surface area (Å²) in [6.07, 6.45) is -0.868. The average Bonchev–Trinajstić information content (AvgIpc) is 3.14. The van der Waals surface area contributed by atoms with Crippen molar-refractivity contribution in [2.24, 2.45) is 16.2 Å². The standard InChI is InChI=1S/C29H32O11/c1-13-24(8)20(37-17(5)31)28-14(2)26(11-10-19(32)38-23(26,6)7)12-18(36-16(4)30)25(28,9)27(13)21(33)35-15(3)29(27,40-28)22(34)39-24/h10-11,15,18,20H,1-2,12H2,3-9H3/t15-,18-,20-,24+,25-,26+,27-,28?,29-/m1/s1. The van der Waals surface area contributed by atoms with Crippen LogP contribution >= 0.6 is 0 Å². The van der Waals surface area contributed by atoms with Crippen molar-refractivity contribution in [2.45, 2.75) is 95.6 Å². The molecule has 2 spiro atoms. The summed E-state index contributed by atoms with van der Waals surface area (Å²) in [5.74, 6) is -3.65. The van der Waals surface area contributed by atoms with E-state index in [4.69, 9.17) is 28.4 Å². The molecule has 0 aromatic heterocycles. The summed E-state index contributed by atoms with van der Waals surface area (Å²) in [6, 6.07) is 0. The number of carbonyl (C=O) groups excluding carboxylic acids is 5. The lowest BCUT2D eigenvalue weighted by Gasteiger charge is -2.69. The molecule has 3 bridgehead atoms. The average molecular weight is 557 g/mol. The third-order valence-corrected chi connectivity index (χ3v) is 10.8. The second-order valence-corrected chi connectivity index (χ2v) is 12.6. The summed E-state index contributed by atoms with van der Waals surface area (Å²) >= 11 is 0. The highest BCUT2D eigenvalue weighted by Gasteiger charge is 3.01. The molecule has 6 rings (SSSR count). The first-order chi connectivity index (χ1) is 18.4. The van der Waals surface area contributed by atoms with Crippen molar-refractivity contribution in [3.63, 3.8) is 0 Å². The van der Waals surface area contributed by atoms with Gasteiger partial charge in [0.2, 0.25) is 5.60 Å². The lowest BCUT2D eigenvalue weighted by Crippen LogP contribution is -2.82. The van der Waals surface area contributed by atoms with Crippen LogP contribution in [0.1, 0.15) is 54.9 Å². The smallest absolute Gasteiger partial charge is 0.345 e. The monoisotopic (exact) mass is 556 g/mol. The number of hydrogen-bond donors (Lipinski definition) is 0. The first kappa shape index (κ1) is 26.7. The van der Waals surface area contributed by atoms with E-state index in [1.165, 1.54) is 33.8 Å². The van der Waals surface area contributed by atoms with E-state index in [0.717, 1.165) is 0 Å². The second-order valence-electron chi connectivity index (χ2n) is 12.6. The molecule has 0 amide bonds. The van der Waals surface area contributed by atoms with Crippen LogP contribution in [0.25, 0.3) is 0 Å². The number of rotatable bonds is 2. The molecule has 11 nitrogen and oxygen atoms in total. The zero-order valence-electron chi connectivity index (χ0n) is 23.5. The summed E-state index contributed by atoms with van der Waals surface area (Å²) in [6.45, 7) is 19.2. The molecule has 5 fully saturated rings. The van der Waals surface area contributed by atoms with E-state index in [1.807, 2.05) is 0 Å². The van der Waals surface area contributed by atoms with Gasteiger partial charge in [-0.15, -0.1) is 0 Å². The van der Waals surface area contributed by atoms with Gasteiger partial charge in [-0.2, -0.15) is 0 Å². The fourth-order valence-corrected chi connectivity index (χ4v) is 9.09. The molecule has 6 aliphatic rings. The lowest BCUT2D eigenvalue weighted by atomic mass is 9.34. The van der Waals surface area contributed by atoms with Crippen LogP contribution in [-0.2, 0) is 52.4 Å². The Bertz CT molecular complexity index is 1410. The first-order valence-electron chi connectivity index (χ1n) is 13.2. The van der Waals surface area contributed by atoms with E-state index < -0.39 is 86.8 Å². The minimum Gasteiger partial charge on any atom is -0.462 e. The summed E-state index contributed by atoms with van der Waals surface area (Å²) in [5, 5.41) is 0. The van der Waals surface area contributed by atoms with Crippen LogP contribution < -0.4 is 0 Å². The van der Waals surface area contributed by atoms with Crippen LogP contribution in [0, 0.1) is 16.2 Å². The predicted octanol–water partition coefficient (Wildman–Crippen LogP) is 2.02. The van der Waals surface area contributed by atoms with Crippen molar-refractivity contribution in [3.05, 3.63) is 36.5 Å². The molecule has 2 aliphatic carbocycles. The van der Waals surface area contributed by atoms with E-state index >= 15 is 0 Å². The van der Waals surface area contributed by atoms with Crippen LogP contribution in [0.4, 0.5) is 0 Å². The van der Waals surface area contributed by atoms with Gasteiger partial charge in [0.25, 0.3) is 0 Å². The van der Waals surface area contributed by atoms with E-state index in [-0.39, 0.29) is 17.6 Å². The highest BCUT2D eigenvalue weighted by molar-refractivity contribution is 6.03. The van der Waals surface area contributed by atoms with Crippen LogP contribution in [0.15, 0.2) is 36.5 Å². The Morgan fingerprint density at radius 1 is 0.925 bits per heavy atom. The molecular weight excluding hydrogens is 524 g/mol. The van der Waals surface area contributed by atoms with Gasteiger partial charge in [-0.1, -0.05) is 26.2 Å². The van der Waals surface area contributed by atoms with Gasteiger partial charge < -0.3 is 28.4 Å². The van der Waals surface area contributed by atoms with Crippen molar-refractivity contribution >= 4 is 29.8 Å². The van der Waals surface area contributed by atoms with Crippen molar-refractivity contribution in [1.29, 1.82) is 0 Å². The maximum absolute atomic E-state index is 14.2. The van der Waals surface area contributed by atoms with Gasteiger partial charge in [0.05, 0.1) is 10.8 Å². The van der Waals surface area contributed by atoms with Crippen LogP contribution in [-0.4, -0.2) is 70.6 Å². The van der Waals surface area contributed by atoms with Gasteiger partial charge >= 0.3 is 29.8 Å². The fraction of sp³-hybridized carbons (Fsp3) is 0.621. The molecule has 2 saturated carbocycles. The molecule has 11 heteroatoms. The summed E-state index contributed by atoms with van der Waals surface area (Å²) in [7, 11) is 0. The van der Waals surface area contributed by atoms with Crippen molar-refractivity contribution in [1.82, 2.24) is 0 Å². The Hall–Kier alpha value is -3.47. The van der Waals surface area contributed by atoms with Gasteiger partial charge in [-0.3, -0.25) is 14.4 Å². The second kappa shape index (κ2) is 7.05. The van der Waals surface area contributed by atoms with Crippen LogP contribution in [0.3, 0.4) is 0 Å². The Labute approximate surface area is 230 Å². The molecule has 1 unspecified atom stereocenters. The van der Waals surface area contributed by atoms with Crippen LogP contribution in [0.2, 0.25) is 0 Å². The van der Waals surface area contributed by atoms with Gasteiger partial charge in [-0.25, -0.2) is 9.59 Å². The van der Waals surface area contributed by atoms with Crippen LogP contribution in [0.5, 0.6) is 0 Å². The van der Waals surface area contributed by atoms with Gasteiger partial charge in [0, 0.05) is 26.3 Å². The van der Waals surface area contributed by atoms with Gasteiger partial charge in [0.1, 0.15) is 28.8 Å². The normalized spacial score (nSPS) is 49.2. The maximum atomic E-state index is 14.2. The molecule has 0 aromatic carbocycles. The van der Waals surface area contributed by atoms with Crippen molar-refractivity contribution < 1.29 is 52.4 Å². The number of fused-ring (bicyclic) bond motifs is 1. The molecule has 0 aromatic rings. The number of esters is 5. The fourth-order valence-electron chi connectivity index (χ4n) is 9.09. The number of cyclic esters (lactones) is 2. The Morgan fingerprint density at radius 2 is 1.55 bits per heavy atom. The molecule has 9 atom stereocenters. The summed E-state index contributed by atoms with van der Waals surface area (Å²) in [5.41, 5.74) is -11.4. The largest absolute Gasteiger partial charge is 0.462 e. The molecule has 4 aliphatic heterocycles. The van der Waals surface area contributed by atoms with E-state index in [2.05, 4.69) is 13.2 Å². The third-order valence-electron chi connectivity index (χ3n) is 10.8. The minimum absolute atomic E-state index is 0.00483. The highest BCUT2D eigenvalue weighted by Crippen LogP contribution is 2.84. The maximum Gasteiger partial charge on any atom is 0.345 e. The summed E-state index contributed by atoms with van der Waals surface area (Å²) < 4.78 is 36.5. The van der Waals surface area contributed by atoms with Gasteiger partial charge in [0.15, 0.2) is 11.7 Å². The Morgan fingerprint density at radius 3 is 2.12 bits per heavy atom. The molecule has 214 valence electrons. The van der Waals surface area contributed by atoms with E-state index in [0.29, 0.717) is 0 Å². The SMILES string of the molecule is C=C1[C@]23C(=O)O[C@H](C)[C@]24OC2(C(=C)[C@]5(C=CC(=O)OC5(C)C)C[C@@H](OC(C)=O)[C@@]23C)[C@H](OC(C)=O)[C@@]1(C)OC4=O. The molecule has 40 heavy (non-hydrogen) atoms. The minimum atomic E-state index is -2.07.